The Morgan fingerprint density at radius 1 is 1.45 bits per heavy atom. The monoisotopic (exact) mass is 403 g/mol. The van der Waals surface area contributed by atoms with Crippen molar-refractivity contribution in [3.05, 3.63) is 37.9 Å². The Morgan fingerprint density at radius 2 is 2.20 bits per heavy atom. The average Bonchev–Trinajstić information content (AvgIpc) is 2.89. The Hall–Kier alpha value is -1.55. The lowest BCUT2D eigenvalue weighted by Gasteiger charge is -2.08. The maximum atomic E-state index is 12.1. The van der Waals surface area contributed by atoms with Crippen LogP contribution in [0.2, 0.25) is 0 Å². The number of anilines is 1. The molecule has 0 atom stereocenters. The van der Waals surface area contributed by atoms with E-state index in [2.05, 4.69) is 14.9 Å². The van der Waals surface area contributed by atoms with Gasteiger partial charge in [0.1, 0.15) is 4.88 Å². The van der Waals surface area contributed by atoms with E-state index in [9.17, 15) is 9.59 Å². The van der Waals surface area contributed by atoms with Crippen LogP contribution >= 0.6 is 34.1 Å². The van der Waals surface area contributed by atoms with Gasteiger partial charge in [-0.15, -0.1) is 5.10 Å². The van der Waals surface area contributed by atoms with Gasteiger partial charge < -0.3 is 10.4 Å². The molecule has 1 amide bonds. The number of halogens is 1. The summed E-state index contributed by atoms with van der Waals surface area (Å²) in [6.07, 6.45) is 0.595. The largest absolute Gasteiger partial charge is 0.478 e. The van der Waals surface area contributed by atoms with E-state index >= 15 is 0 Å². The second-order valence-electron chi connectivity index (χ2n) is 3.85. The summed E-state index contributed by atoms with van der Waals surface area (Å²) in [5, 5.41) is 15.6. The summed E-state index contributed by atoms with van der Waals surface area (Å²) in [7, 11) is 0. The number of carbonyl (C=O) groups is 2. The minimum absolute atomic E-state index is 0.0563. The third-order valence-electron chi connectivity index (χ3n) is 2.56. The quantitative estimate of drug-likeness (QED) is 0.766. The molecule has 104 valence electrons. The van der Waals surface area contributed by atoms with Gasteiger partial charge in [0, 0.05) is 3.57 Å². The molecule has 1 heterocycles. The van der Waals surface area contributed by atoms with Gasteiger partial charge in [-0.2, -0.15) is 0 Å². The molecule has 6 nitrogen and oxygen atoms in total. The first-order chi connectivity index (χ1) is 9.52. The first-order valence-corrected chi connectivity index (χ1v) is 7.53. The summed E-state index contributed by atoms with van der Waals surface area (Å²) in [5.41, 5.74) is 0.925. The van der Waals surface area contributed by atoms with E-state index in [1.54, 1.807) is 12.1 Å². The van der Waals surface area contributed by atoms with Crippen LogP contribution in [0.5, 0.6) is 0 Å². The van der Waals surface area contributed by atoms with E-state index < -0.39 is 5.97 Å². The lowest BCUT2D eigenvalue weighted by molar-refractivity contribution is 0.0698. The second-order valence-corrected chi connectivity index (χ2v) is 5.85. The molecule has 0 radical (unpaired) electrons. The van der Waals surface area contributed by atoms with Crippen molar-refractivity contribution in [2.24, 2.45) is 0 Å². The fourth-order valence-corrected chi connectivity index (χ4v) is 2.73. The molecule has 8 heteroatoms. The number of carboxylic acid groups (broad SMARTS) is 1. The van der Waals surface area contributed by atoms with Crippen LogP contribution in [0.25, 0.3) is 0 Å². The number of aryl methyl sites for hydroxylation is 1. The molecule has 0 saturated carbocycles. The number of nitrogens with zero attached hydrogens (tertiary/aromatic N) is 2. The summed E-state index contributed by atoms with van der Waals surface area (Å²) in [6, 6.07) is 4.81. The average molecular weight is 403 g/mol. The molecule has 0 aliphatic rings. The Balaban J connectivity index is 2.31. The zero-order valence-electron chi connectivity index (χ0n) is 10.4. The topological polar surface area (TPSA) is 92.2 Å². The molecule has 2 N–H and O–H groups in total. The molecule has 0 unspecified atom stereocenters. The van der Waals surface area contributed by atoms with Crippen molar-refractivity contribution in [1.29, 1.82) is 0 Å². The third-order valence-corrected chi connectivity index (χ3v) is 3.99. The van der Waals surface area contributed by atoms with Crippen LogP contribution < -0.4 is 5.32 Å². The summed E-state index contributed by atoms with van der Waals surface area (Å²) in [6.45, 7) is 1.88. The van der Waals surface area contributed by atoms with Crippen molar-refractivity contribution >= 4 is 51.7 Å². The molecular formula is C12H10IN3O3S. The predicted molar refractivity (Wildman–Crippen MR) is 83.4 cm³/mol. The van der Waals surface area contributed by atoms with Crippen LogP contribution in [0.4, 0.5) is 5.69 Å². The number of hydrogen-bond acceptors (Lipinski definition) is 5. The number of nitrogens with one attached hydrogen (secondary N) is 1. The molecule has 0 aliphatic carbocycles. The van der Waals surface area contributed by atoms with E-state index in [4.69, 9.17) is 5.11 Å². The highest BCUT2D eigenvalue weighted by atomic mass is 127. The maximum absolute atomic E-state index is 12.1. The second kappa shape index (κ2) is 6.27. The van der Waals surface area contributed by atoms with Crippen molar-refractivity contribution < 1.29 is 14.7 Å². The number of carbonyl (C=O) groups excluding carboxylic acids is 1. The Bertz CT molecular complexity index is 672. The van der Waals surface area contributed by atoms with Gasteiger partial charge >= 0.3 is 5.97 Å². The van der Waals surface area contributed by atoms with E-state index in [1.165, 1.54) is 6.07 Å². The van der Waals surface area contributed by atoms with Crippen molar-refractivity contribution in [1.82, 2.24) is 9.59 Å². The van der Waals surface area contributed by atoms with Crippen LogP contribution in [-0.4, -0.2) is 26.6 Å². The Labute approximate surface area is 132 Å². The summed E-state index contributed by atoms with van der Waals surface area (Å²) >= 11 is 3.01. The molecule has 20 heavy (non-hydrogen) atoms. The van der Waals surface area contributed by atoms with Crippen molar-refractivity contribution in [2.75, 3.05) is 5.32 Å². The van der Waals surface area contributed by atoms with Crippen LogP contribution in [0, 0.1) is 3.57 Å². The van der Waals surface area contributed by atoms with Crippen molar-refractivity contribution in [3.8, 4) is 0 Å². The predicted octanol–water partition coefficient (Wildman–Crippen LogP) is 2.66. The molecule has 1 aromatic heterocycles. The maximum Gasteiger partial charge on any atom is 0.337 e. The van der Waals surface area contributed by atoms with Crippen LogP contribution in [-0.2, 0) is 6.42 Å². The van der Waals surface area contributed by atoms with Crippen molar-refractivity contribution in [2.45, 2.75) is 13.3 Å². The minimum atomic E-state index is -1.09. The van der Waals surface area contributed by atoms with Crippen LogP contribution in [0.1, 0.15) is 32.6 Å². The molecular weight excluding hydrogens is 393 g/mol. The summed E-state index contributed by atoms with van der Waals surface area (Å²) in [5.74, 6) is -1.47. The number of carboxylic acids is 1. The first-order valence-electron chi connectivity index (χ1n) is 5.68. The third kappa shape index (κ3) is 3.12. The highest BCUT2D eigenvalue weighted by Crippen LogP contribution is 2.21. The fraction of sp³-hybridized carbons (Fsp3) is 0.167. The first kappa shape index (κ1) is 14.9. The Morgan fingerprint density at radius 3 is 2.85 bits per heavy atom. The molecule has 0 aliphatic heterocycles. The van der Waals surface area contributed by atoms with Gasteiger partial charge in [-0.05, 0) is 58.7 Å². The number of aromatic carboxylic acids is 1. The van der Waals surface area contributed by atoms with E-state index in [0.29, 0.717) is 17.0 Å². The number of hydrogen-bond donors (Lipinski definition) is 2. The van der Waals surface area contributed by atoms with Gasteiger partial charge in [-0.3, -0.25) is 4.79 Å². The molecule has 0 fully saturated rings. The zero-order chi connectivity index (χ0) is 14.7. The molecule has 0 spiro atoms. The normalized spacial score (nSPS) is 10.3. The number of aromatic nitrogens is 2. The Kier molecular flexibility index (Phi) is 4.65. The van der Waals surface area contributed by atoms with E-state index in [1.807, 2.05) is 29.5 Å². The fourth-order valence-electron chi connectivity index (χ4n) is 1.59. The van der Waals surface area contributed by atoms with Gasteiger partial charge in [-0.1, -0.05) is 11.4 Å². The molecule has 2 rings (SSSR count). The number of benzene rings is 1. The smallest absolute Gasteiger partial charge is 0.337 e. The molecule has 0 saturated heterocycles. The summed E-state index contributed by atoms with van der Waals surface area (Å²) in [4.78, 5) is 23.7. The van der Waals surface area contributed by atoms with Crippen LogP contribution in [0.15, 0.2) is 18.2 Å². The summed E-state index contributed by atoms with van der Waals surface area (Å²) < 4.78 is 4.52. The van der Waals surface area contributed by atoms with Crippen molar-refractivity contribution in [3.63, 3.8) is 0 Å². The van der Waals surface area contributed by atoms with E-state index in [0.717, 1.165) is 15.1 Å². The molecule has 0 bridgehead atoms. The van der Waals surface area contributed by atoms with E-state index in [-0.39, 0.29) is 17.2 Å². The van der Waals surface area contributed by atoms with Gasteiger partial charge in [0.2, 0.25) is 0 Å². The van der Waals surface area contributed by atoms with Crippen LogP contribution in [0.3, 0.4) is 0 Å². The van der Waals surface area contributed by atoms with Gasteiger partial charge in [0.05, 0.1) is 16.9 Å². The molecule has 2 aromatic rings. The minimum Gasteiger partial charge on any atom is -0.478 e. The van der Waals surface area contributed by atoms with Gasteiger partial charge in [-0.25, -0.2) is 4.79 Å². The van der Waals surface area contributed by atoms with Gasteiger partial charge in [0.25, 0.3) is 5.91 Å². The van der Waals surface area contributed by atoms with Gasteiger partial charge in [0.15, 0.2) is 0 Å². The number of amides is 1. The zero-order valence-corrected chi connectivity index (χ0v) is 13.4. The standard InChI is InChI=1S/C12H10IN3O3S/c1-2-8-10(20-16-15-8)11(17)14-9-4-3-6(13)5-7(9)12(18)19/h3-5H,2H2,1H3,(H,14,17)(H,18,19). The molecule has 1 aromatic carbocycles. The lowest BCUT2D eigenvalue weighted by Crippen LogP contribution is -2.15. The SMILES string of the molecule is CCc1nnsc1C(=O)Nc1ccc(I)cc1C(=O)O. The highest BCUT2D eigenvalue weighted by molar-refractivity contribution is 14.1. The highest BCUT2D eigenvalue weighted by Gasteiger charge is 2.18. The lowest BCUT2D eigenvalue weighted by atomic mass is 10.1. The number of rotatable bonds is 4.